The molecule has 2 heterocycles. The molecule has 2 aliphatic heterocycles. The molecular formula is C15H31N3O. The Hall–Kier alpha value is -0.160. The van der Waals surface area contributed by atoms with E-state index in [0.29, 0.717) is 6.04 Å². The molecule has 2 rings (SSSR count). The predicted molar refractivity (Wildman–Crippen MR) is 79.6 cm³/mol. The summed E-state index contributed by atoms with van der Waals surface area (Å²) in [4.78, 5) is 5.32. The summed E-state index contributed by atoms with van der Waals surface area (Å²) < 4.78 is 5.34. The SMILES string of the molecule is CCCNC(COC)CN1CCC(N2CCCC2)C1. The molecule has 0 radical (unpaired) electrons. The molecule has 2 atom stereocenters. The van der Waals surface area contributed by atoms with Gasteiger partial charge in [-0.2, -0.15) is 0 Å². The minimum atomic E-state index is 0.488. The molecule has 0 aliphatic carbocycles. The van der Waals surface area contributed by atoms with Gasteiger partial charge in [-0.3, -0.25) is 4.90 Å². The number of hydrogen-bond acceptors (Lipinski definition) is 4. The van der Waals surface area contributed by atoms with Crippen molar-refractivity contribution in [3.05, 3.63) is 0 Å². The Labute approximate surface area is 118 Å². The summed E-state index contributed by atoms with van der Waals surface area (Å²) in [6.45, 7) is 10.4. The van der Waals surface area contributed by atoms with Crippen LogP contribution in [0, 0.1) is 0 Å². The third kappa shape index (κ3) is 4.71. The van der Waals surface area contributed by atoms with Gasteiger partial charge in [-0.15, -0.1) is 0 Å². The maximum Gasteiger partial charge on any atom is 0.0628 e. The van der Waals surface area contributed by atoms with Gasteiger partial charge in [-0.25, -0.2) is 0 Å². The first-order chi connectivity index (χ1) is 9.33. The molecule has 0 aromatic carbocycles. The summed E-state index contributed by atoms with van der Waals surface area (Å²) >= 11 is 0. The number of likely N-dealkylation sites (tertiary alicyclic amines) is 2. The van der Waals surface area contributed by atoms with Crippen LogP contribution in [0.5, 0.6) is 0 Å². The van der Waals surface area contributed by atoms with Crippen molar-refractivity contribution in [1.29, 1.82) is 0 Å². The van der Waals surface area contributed by atoms with Crippen LogP contribution in [0.3, 0.4) is 0 Å². The van der Waals surface area contributed by atoms with Crippen LogP contribution in [-0.4, -0.2) is 74.9 Å². The molecule has 2 saturated heterocycles. The Morgan fingerprint density at radius 1 is 1.26 bits per heavy atom. The first-order valence-corrected chi connectivity index (χ1v) is 8.02. The van der Waals surface area contributed by atoms with Gasteiger partial charge in [0.1, 0.15) is 0 Å². The van der Waals surface area contributed by atoms with Gasteiger partial charge in [-0.1, -0.05) is 6.92 Å². The summed E-state index contributed by atoms with van der Waals surface area (Å²) in [5, 5.41) is 3.60. The molecule has 2 fully saturated rings. The zero-order chi connectivity index (χ0) is 13.5. The molecule has 0 amide bonds. The van der Waals surface area contributed by atoms with Crippen molar-refractivity contribution in [1.82, 2.24) is 15.1 Å². The monoisotopic (exact) mass is 269 g/mol. The van der Waals surface area contributed by atoms with E-state index in [4.69, 9.17) is 4.74 Å². The normalized spacial score (nSPS) is 27.2. The Bertz CT molecular complexity index is 244. The van der Waals surface area contributed by atoms with Crippen LogP contribution < -0.4 is 5.32 Å². The second kappa shape index (κ2) is 8.20. The number of hydrogen-bond donors (Lipinski definition) is 1. The Balaban J connectivity index is 1.72. The molecule has 4 nitrogen and oxygen atoms in total. The maximum absolute atomic E-state index is 5.34. The van der Waals surface area contributed by atoms with Gasteiger partial charge in [0.15, 0.2) is 0 Å². The van der Waals surface area contributed by atoms with Gasteiger partial charge >= 0.3 is 0 Å². The first kappa shape index (κ1) is 15.2. The summed E-state index contributed by atoms with van der Waals surface area (Å²) in [5.74, 6) is 0. The Kier molecular flexibility index (Phi) is 6.57. The molecule has 4 heteroatoms. The van der Waals surface area contributed by atoms with Gasteiger partial charge in [0.05, 0.1) is 6.61 Å². The standard InChI is InChI=1S/C15H31N3O/c1-3-7-16-14(13-19-2)11-17-10-6-15(12-17)18-8-4-5-9-18/h14-16H,3-13H2,1-2H3. The fourth-order valence-electron chi connectivity index (χ4n) is 3.42. The van der Waals surface area contributed by atoms with Crippen molar-refractivity contribution in [2.24, 2.45) is 0 Å². The molecule has 0 aromatic heterocycles. The lowest BCUT2D eigenvalue weighted by molar-refractivity contribution is 0.141. The zero-order valence-corrected chi connectivity index (χ0v) is 12.7. The van der Waals surface area contributed by atoms with E-state index in [1.54, 1.807) is 7.11 Å². The van der Waals surface area contributed by atoms with Crippen molar-refractivity contribution in [3.8, 4) is 0 Å². The van der Waals surface area contributed by atoms with Crippen molar-refractivity contribution in [2.45, 2.75) is 44.7 Å². The minimum Gasteiger partial charge on any atom is -0.383 e. The van der Waals surface area contributed by atoms with Gasteiger partial charge in [0.2, 0.25) is 0 Å². The molecule has 0 spiro atoms. The average molecular weight is 269 g/mol. The molecule has 0 aromatic rings. The van der Waals surface area contributed by atoms with E-state index in [1.165, 1.54) is 51.9 Å². The smallest absolute Gasteiger partial charge is 0.0628 e. The fraction of sp³-hybridized carbons (Fsp3) is 1.00. The van der Waals surface area contributed by atoms with Gasteiger partial charge in [0.25, 0.3) is 0 Å². The molecule has 112 valence electrons. The number of nitrogens with zero attached hydrogens (tertiary/aromatic N) is 2. The molecule has 0 saturated carbocycles. The lowest BCUT2D eigenvalue weighted by Crippen LogP contribution is -2.44. The summed E-state index contributed by atoms with van der Waals surface area (Å²) in [7, 11) is 1.80. The molecule has 19 heavy (non-hydrogen) atoms. The highest BCUT2D eigenvalue weighted by atomic mass is 16.5. The predicted octanol–water partition coefficient (Wildman–Crippen LogP) is 1.17. The van der Waals surface area contributed by atoms with E-state index in [0.717, 1.165) is 25.7 Å². The van der Waals surface area contributed by atoms with E-state index < -0.39 is 0 Å². The second-order valence-corrected chi connectivity index (χ2v) is 6.05. The highest BCUT2D eigenvalue weighted by Gasteiger charge is 2.29. The largest absolute Gasteiger partial charge is 0.383 e. The molecule has 2 aliphatic rings. The summed E-state index contributed by atoms with van der Waals surface area (Å²) in [5.41, 5.74) is 0. The van der Waals surface area contributed by atoms with Gasteiger partial charge in [-0.05, 0) is 51.9 Å². The van der Waals surface area contributed by atoms with Crippen LogP contribution in [0.1, 0.15) is 32.6 Å². The number of ether oxygens (including phenoxy) is 1. The van der Waals surface area contributed by atoms with E-state index >= 15 is 0 Å². The Morgan fingerprint density at radius 2 is 2.05 bits per heavy atom. The van der Waals surface area contributed by atoms with E-state index in [-0.39, 0.29) is 0 Å². The highest BCUT2D eigenvalue weighted by molar-refractivity contribution is 4.87. The molecule has 2 unspecified atom stereocenters. The second-order valence-electron chi connectivity index (χ2n) is 6.05. The van der Waals surface area contributed by atoms with E-state index in [9.17, 15) is 0 Å². The van der Waals surface area contributed by atoms with Crippen LogP contribution in [0.15, 0.2) is 0 Å². The Morgan fingerprint density at radius 3 is 2.74 bits per heavy atom. The first-order valence-electron chi connectivity index (χ1n) is 8.02. The fourth-order valence-corrected chi connectivity index (χ4v) is 3.42. The van der Waals surface area contributed by atoms with Crippen LogP contribution in [0.2, 0.25) is 0 Å². The zero-order valence-electron chi connectivity index (χ0n) is 12.7. The van der Waals surface area contributed by atoms with Crippen molar-refractivity contribution in [2.75, 3.05) is 53.0 Å². The summed E-state index contributed by atoms with van der Waals surface area (Å²) in [6.07, 6.45) is 5.35. The van der Waals surface area contributed by atoms with Crippen LogP contribution in [0.25, 0.3) is 0 Å². The summed E-state index contributed by atoms with van der Waals surface area (Å²) in [6, 6.07) is 1.30. The maximum atomic E-state index is 5.34. The van der Waals surface area contributed by atoms with Gasteiger partial charge in [0, 0.05) is 32.3 Å². The topological polar surface area (TPSA) is 27.7 Å². The number of methoxy groups -OCH3 is 1. The lowest BCUT2D eigenvalue weighted by Gasteiger charge is -2.26. The molecular weight excluding hydrogens is 238 g/mol. The molecule has 0 bridgehead atoms. The average Bonchev–Trinajstić information content (AvgIpc) is 3.06. The van der Waals surface area contributed by atoms with Crippen LogP contribution in [-0.2, 0) is 4.74 Å². The van der Waals surface area contributed by atoms with Crippen LogP contribution >= 0.6 is 0 Å². The van der Waals surface area contributed by atoms with Crippen LogP contribution in [0.4, 0.5) is 0 Å². The van der Waals surface area contributed by atoms with E-state index in [1.807, 2.05) is 0 Å². The quantitative estimate of drug-likeness (QED) is 0.716. The lowest BCUT2D eigenvalue weighted by atomic mass is 10.2. The third-order valence-corrected chi connectivity index (χ3v) is 4.43. The van der Waals surface area contributed by atoms with E-state index in [2.05, 4.69) is 22.0 Å². The van der Waals surface area contributed by atoms with Crippen molar-refractivity contribution >= 4 is 0 Å². The number of nitrogens with one attached hydrogen (secondary N) is 1. The molecule has 1 N–H and O–H groups in total. The minimum absolute atomic E-state index is 0.488. The number of rotatable bonds is 8. The third-order valence-electron chi connectivity index (χ3n) is 4.43. The highest BCUT2D eigenvalue weighted by Crippen LogP contribution is 2.20. The van der Waals surface area contributed by atoms with Crippen molar-refractivity contribution in [3.63, 3.8) is 0 Å². The van der Waals surface area contributed by atoms with Crippen molar-refractivity contribution < 1.29 is 4.74 Å². The van der Waals surface area contributed by atoms with Gasteiger partial charge < -0.3 is 15.0 Å².